The number of likely N-dealkylation sites (N-methyl/N-ethyl adjacent to an activating group) is 1. The molecule has 0 bridgehead atoms. The molecule has 1 N–H and O–H groups in total. The average Bonchev–Trinajstić information content (AvgIpc) is 2.93. The molecule has 1 amide bonds. The minimum Gasteiger partial charge on any atom is -0.350 e. The maximum absolute atomic E-state index is 12.4. The van der Waals surface area contributed by atoms with Crippen LogP contribution in [-0.2, 0) is 11.8 Å². The molecule has 3 aromatic rings. The number of aromatic nitrogens is 4. The molecular weight excluding hydrogens is 304 g/mol. The summed E-state index contributed by atoms with van der Waals surface area (Å²) in [6.45, 7) is 4.21. The van der Waals surface area contributed by atoms with Crippen LogP contribution in [0.3, 0.4) is 0 Å². The van der Waals surface area contributed by atoms with E-state index in [4.69, 9.17) is 0 Å². The monoisotopic (exact) mass is 324 g/mol. The number of anilines is 2. The Balaban J connectivity index is 1.77. The second-order valence-corrected chi connectivity index (χ2v) is 5.85. The van der Waals surface area contributed by atoms with Gasteiger partial charge < -0.3 is 10.2 Å². The molecule has 0 atom stereocenters. The van der Waals surface area contributed by atoms with Gasteiger partial charge in [-0.1, -0.05) is 12.1 Å². The van der Waals surface area contributed by atoms with Gasteiger partial charge in [-0.15, -0.1) is 0 Å². The second kappa shape index (κ2) is 6.27. The summed E-state index contributed by atoms with van der Waals surface area (Å²) in [6, 6.07) is 5.87. The fourth-order valence-electron chi connectivity index (χ4n) is 2.62. The molecule has 3 rings (SSSR count). The molecule has 1 aromatic carbocycles. The van der Waals surface area contributed by atoms with Crippen molar-refractivity contribution >= 4 is 28.4 Å². The SMILES string of the molecule is Cc1cccc(NC(=O)CN(C)c2ncnc3c2cnn3C)c1C. The average molecular weight is 324 g/mol. The highest BCUT2D eigenvalue weighted by Crippen LogP contribution is 2.21. The van der Waals surface area contributed by atoms with E-state index in [9.17, 15) is 4.79 Å². The van der Waals surface area contributed by atoms with Crippen LogP contribution in [0.5, 0.6) is 0 Å². The highest BCUT2D eigenvalue weighted by Gasteiger charge is 2.15. The van der Waals surface area contributed by atoms with Crippen LogP contribution in [-0.4, -0.2) is 39.2 Å². The van der Waals surface area contributed by atoms with E-state index in [1.807, 2.05) is 46.1 Å². The molecule has 24 heavy (non-hydrogen) atoms. The number of hydrogen-bond acceptors (Lipinski definition) is 5. The van der Waals surface area contributed by atoms with Crippen molar-refractivity contribution in [1.29, 1.82) is 0 Å². The number of fused-ring (bicyclic) bond motifs is 1. The zero-order chi connectivity index (χ0) is 17.3. The Kier molecular flexibility index (Phi) is 4.16. The quantitative estimate of drug-likeness (QED) is 0.795. The van der Waals surface area contributed by atoms with Gasteiger partial charge >= 0.3 is 0 Å². The van der Waals surface area contributed by atoms with Crippen molar-refractivity contribution in [2.24, 2.45) is 7.05 Å². The number of aryl methyl sites for hydroxylation is 2. The van der Waals surface area contributed by atoms with Crippen molar-refractivity contribution in [2.45, 2.75) is 13.8 Å². The summed E-state index contributed by atoms with van der Waals surface area (Å²) < 4.78 is 1.69. The van der Waals surface area contributed by atoms with Crippen molar-refractivity contribution in [3.63, 3.8) is 0 Å². The third kappa shape index (κ3) is 2.92. The predicted molar refractivity (Wildman–Crippen MR) is 94.1 cm³/mol. The van der Waals surface area contributed by atoms with Crippen LogP contribution < -0.4 is 10.2 Å². The Hall–Kier alpha value is -2.96. The van der Waals surface area contributed by atoms with Crippen LogP contribution >= 0.6 is 0 Å². The van der Waals surface area contributed by atoms with Crippen LogP contribution in [0, 0.1) is 13.8 Å². The second-order valence-electron chi connectivity index (χ2n) is 5.85. The van der Waals surface area contributed by atoms with Gasteiger partial charge in [0.1, 0.15) is 12.1 Å². The van der Waals surface area contributed by atoms with E-state index in [0.717, 1.165) is 27.8 Å². The Labute approximate surface area is 140 Å². The maximum atomic E-state index is 12.4. The molecule has 7 heteroatoms. The molecule has 2 heterocycles. The van der Waals surface area contributed by atoms with Gasteiger partial charge in [0.15, 0.2) is 5.65 Å². The molecule has 0 fully saturated rings. The van der Waals surface area contributed by atoms with Crippen LogP contribution in [0.4, 0.5) is 11.5 Å². The molecule has 0 saturated carbocycles. The number of carbonyl (C=O) groups is 1. The van der Waals surface area contributed by atoms with Gasteiger partial charge in [0.25, 0.3) is 0 Å². The van der Waals surface area contributed by atoms with Gasteiger partial charge in [0, 0.05) is 19.8 Å². The molecule has 124 valence electrons. The minimum atomic E-state index is -0.0955. The Morgan fingerprint density at radius 1 is 1.29 bits per heavy atom. The molecule has 0 unspecified atom stereocenters. The minimum absolute atomic E-state index is 0.0955. The lowest BCUT2D eigenvalue weighted by Crippen LogP contribution is -2.31. The lowest BCUT2D eigenvalue weighted by atomic mass is 10.1. The van der Waals surface area contributed by atoms with Crippen molar-refractivity contribution in [1.82, 2.24) is 19.7 Å². The number of nitrogens with zero attached hydrogens (tertiary/aromatic N) is 5. The maximum Gasteiger partial charge on any atom is 0.243 e. The molecule has 2 aromatic heterocycles. The van der Waals surface area contributed by atoms with E-state index in [1.54, 1.807) is 15.8 Å². The highest BCUT2D eigenvalue weighted by molar-refractivity contribution is 5.96. The fourth-order valence-corrected chi connectivity index (χ4v) is 2.62. The largest absolute Gasteiger partial charge is 0.350 e. The van der Waals surface area contributed by atoms with Gasteiger partial charge in [-0.05, 0) is 31.0 Å². The summed E-state index contributed by atoms with van der Waals surface area (Å²) in [4.78, 5) is 22.7. The molecule has 0 radical (unpaired) electrons. The van der Waals surface area contributed by atoms with Gasteiger partial charge in [-0.3, -0.25) is 9.48 Å². The van der Waals surface area contributed by atoms with Crippen LogP contribution in [0.1, 0.15) is 11.1 Å². The van der Waals surface area contributed by atoms with Crippen molar-refractivity contribution in [3.05, 3.63) is 41.9 Å². The van der Waals surface area contributed by atoms with Crippen LogP contribution in [0.25, 0.3) is 11.0 Å². The first-order chi connectivity index (χ1) is 11.5. The molecule has 0 aliphatic rings. The van der Waals surface area contributed by atoms with E-state index in [0.29, 0.717) is 5.82 Å². The van der Waals surface area contributed by atoms with Gasteiger partial charge in [0.2, 0.25) is 5.91 Å². The van der Waals surface area contributed by atoms with Gasteiger partial charge in [-0.25, -0.2) is 9.97 Å². The Morgan fingerprint density at radius 2 is 2.08 bits per heavy atom. The van der Waals surface area contributed by atoms with Crippen molar-refractivity contribution in [3.8, 4) is 0 Å². The first-order valence-corrected chi connectivity index (χ1v) is 7.67. The summed E-state index contributed by atoms with van der Waals surface area (Å²) in [5.41, 5.74) is 3.80. The number of benzene rings is 1. The molecule has 7 nitrogen and oxygen atoms in total. The zero-order valence-corrected chi connectivity index (χ0v) is 14.2. The summed E-state index contributed by atoms with van der Waals surface area (Å²) in [7, 11) is 3.66. The Bertz CT molecular complexity index is 901. The predicted octanol–water partition coefficient (Wildman–Crippen LogP) is 2.06. The Morgan fingerprint density at radius 3 is 2.88 bits per heavy atom. The van der Waals surface area contributed by atoms with E-state index in [1.165, 1.54) is 6.33 Å². The first kappa shape index (κ1) is 15.9. The van der Waals surface area contributed by atoms with E-state index >= 15 is 0 Å². The van der Waals surface area contributed by atoms with Crippen LogP contribution in [0.15, 0.2) is 30.7 Å². The zero-order valence-electron chi connectivity index (χ0n) is 14.2. The standard InChI is InChI=1S/C17H20N6O/c1-11-6-5-7-14(12(11)2)21-15(24)9-22(3)16-13-8-20-23(4)17(13)19-10-18-16/h5-8,10H,9H2,1-4H3,(H,21,24). The number of nitrogens with one attached hydrogen (secondary N) is 1. The van der Waals surface area contributed by atoms with Gasteiger partial charge in [-0.2, -0.15) is 5.10 Å². The molecular formula is C17H20N6O. The van der Waals surface area contributed by atoms with Crippen molar-refractivity contribution in [2.75, 3.05) is 23.8 Å². The van der Waals surface area contributed by atoms with E-state index in [2.05, 4.69) is 20.4 Å². The molecule has 0 aliphatic carbocycles. The third-order valence-electron chi connectivity index (χ3n) is 4.13. The summed E-state index contributed by atoms with van der Waals surface area (Å²) in [6.07, 6.45) is 3.20. The summed E-state index contributed by atoms with van der Waals surface area (Å²) in [5.74, 6) is 0.589. The van der Waals surface area contributed by atoms with E-state index < -0.39 is 0 Å². The van der Waals surface area contributed by atoms with Gasteiger partial charge in [0.05, 0.1) is 18.1 Å². The van der Waals surface area contributed by atoms with Crippen molar-refractivity contribution < 1.29 is 4.79 Å². The number of carbonyl (C=O) groups excluding carboxylic acids is 1. The summed E-state index contributed by atoms with van der Waals surface area (Å²) >= 11 is 0. The normalized spacial score (nSPS) is 10.8. The summed E-state index contributed by atoms with van der Waals surface area (Å²) in [5, 5.41) is 7.98. The molecule has 0 saturated heterocycles. The topological polar surface area (TPSA) is 75.9 Å². The van der Waals surface area contributed by atoms with Crippen LogP contribution in [0.2, 0.25) is 0 Å². The van der Waals surface area contributed by atoms with E-state index in [-0.39, 0.29) is 12.5 Å². The third-order valence-corrected chi connectivity index (χ3v) is 4.13. The lowest BCUT2D eigenvalue weighted by molar-refractivity contribution is -0.114. The first-order valence-electron chi connectivity index (χ1n) is 7.67. The molecule has 0 spiro atoms. The molecule has 0 aliphatic heterocycles. The number of hydrogen-bond donors (Lipinski definition) is 1. The smallest absolute Gasteiger partial charge is 0.243 e. The fraction of sp³-hybridized carbons (Fsp3) is 0.294. The highest BCUT2D eigenvalue weighted by atomic mass is 16.2. The number of amides is 1. The lowest BCUT2D eigenvalue weighted by Gasteiger charge is -2.18. The number of rotatable bonds is 4.